The average molecular weight is 582 g/mol. The highest BCUT2D eigenvalue weighted by molar-refractivity contribution is 6.81. The smallest absolute Gasteiger partial charge is 0.372 e. The van der Waals surface area contributed by atoms with Gasteiger partial charge in [-0.15, -0.1) is 23.9 Å². The number of carboxylic acid groups (broad SMARTS) is 1. The van der Waals surface area contributed by atoms with Gasteiger partial charge in [-0.2, -0.15) is 0 Å². The fourth-order valence-electron chi connectivity index (χ4n) is 1.59. The highest BCUT2D eigenvalue weighted by Crippen LogP contribution is 2.05. The number of halogens is 2. The number of terminal acetylenes is 1. The summed E-state index contributed by atoms with van der Waals surface area (Å²) in [7, 11) is 0. The molecule has 0 aliphatic heterocycles. The largest absolute Gasteiger partial charge is 0.476 e. The lowest BCUT2D eigenvalue weighted by Gasteiger charge is -1.94. The molecule has 0 amide bonds. The van der Waals surface area contributed by atoms with Crippen LogP contribution in [0, 0.1) is 12.3 Å². The van der Waals surface area contributed by atoms with Crippen molar-refractivity contribution in [1.29, 1.82) is 0 Å². The van der Waals surface area contributed by atoms with Crippen molar-refractivity contribution in [2.75, 3.05) is 19.6 Å². The Morgan fingerprint density at radius 1 is 0.974 bits per heavy atom. The first kappa shape index (κ1) is 41.6. The first-order chi connectivity index (χ1) is 17.6. The molecule has 12 nitrogen and oxygen atoms in total. The number of nitrogens with zero attached hydrogens (tertiary/aromatic N) is 3. The Balaban J connectivity index is -0.000000206. The first-order valence-electron chi connectivity index (χ1n) is 10.8. The number of rotatable bonds is 7. The van der Waals surface area contributed by atoms with E-state index in [4.69, 9.17) is 37.6 Å². The number of alkyl halides is 1. The summed E-state index contributed by atoms with van der Waals surface area (Å²) in [6.07, 6.45) is 8.49. The van der Waals surface area contributed by atoms with Crippen LogP contribution in [0.2, 0.25) is 0 Å². The summed E-state index contributed by atoms with van der Waals surface area (Å²) in [4.78, 5) is 31.6. The predicted octanol–water partition coefficient (Wildman–Crippen LogP) is 5.45. The van der Waals surface area contributed by atoms with E-state index in [0.717, 1.165) is 12.8 Å². The maximum atomic E-state index is 11.0. The van der Waals surface area contributed by atoms with Crippen LogP contribution in [0.25, 0.3) is 0 Å². The Morgan fingerprint density at radius 3 is 1.68 bits per heavy atom. The van der Waals surface area contributed by atoms with Gasteiger partial charge in [0, 0.05) is 37.8 Å². The van der Waals surface area contributed by atoms with Gasteiger partial charge in [0.15, 0.2) is 11.4 Å². The van der Waals surface area contributed by atoms with Gasteiger partial charge in [0.1, 0.15) is 11.5 Å². The lowest BCUT2D eigenvalue weighted by atomic mass is 10.3. The third-order valence-corrected chi connectivity index (χ3v) is 3.48. The third-order valence-electron chi connectivity index (χ3n) is 3.25. The Bertz CT molecular complexity index is 967. The molecule has 2 N–H and O–H groups in total. The molecule has 0 aliphatic rings. The zero-order valence-corrected chi connectivity index (χ0v) is 23.1. The normalized spacial score (nSPS) is 8.97. The van der Waals surface area contributed by atoms with E-state index in [1.54, 1.807) is 19.9 Å². The third kappa shape index (κ3) is 20.6. The van der Waals surface area contributed by atoms with Crippen molar-refractivity contribution < 1.29 is 43.2 Å². The second kappa shape index (κ2) is 28.0. The van der Waals surface area contributed by atoms with Crippen LogP contribution in [-0.4, -0.2) is 63.3 Å². The monoisotopic (exact) mass is 581 g/mol. The van der Waals surface area contributed by atoms with E-state index >= 15 is 0 Å². The standard InChI is InChI=1S/C8H11NO3.C6H7NO3.C4H6ClNO3.C4H6.CH3Cl.CH4/c1-3-6-5-7(9-12-6)8(10)11-4-2;1-2-4-3-5(6(8)9)7-10-4;1-2-9-4(7)3(5)6-8;1-3-4-2;1-2;/h5H,3-4H2,1-2H3;3H,2H2,1H3,(H,8,9);8H,2H2,1H3;1H,4H2,2H3;1H3;1H4/b;;6-3-;;;. The van der Waals surface area contributed by atoms with Crippen LogP contribution < -0.4 is 0 Å². The van der Waals surface area contributed by atoms with Gasteiger partial charge in [0.2, 0.25) is 0 Å². The number of oxime groups is 1. The maximum Gasteiger partial charge on any atom is 0.372 e. The molecular weight excluding hydrogens is 545 g/mol. The Kier molecular flexibility index (Phi) is 30.6. The maximum absolute atomic E-state index is 11.0. The fraction of sp³-hybridized carbons (Fsp3) is 0.500. The molecule has 0 aliphatic carbocycles. The summed E-state index contributed by atoms with van der Waals surface area (Å²) >= 11 is 9.66. The molecule has 0 saturated carbocycles. The van der Waals surface area contributed by atoms with E-state index in [2.05, 4.69) is 42.3 Å². The summed E-state index contributed by atoms with van der Waals surface area (Å²) in [6.45, 7) is 9.68. The zero-order chi connectivity index (χ0) is 29.2. The van der Waals surface area contributed by atoms with Crippen molar-refractivity contribution in [3.05, 3.63) is 35.0 Å². The van der Waals surface area contributed by atoms with E-state index in [9.17, 15) is 14.4 Å². The van der Waals surface area contributed by atoms with E-state index in [-0.39, 0.29) is 25.4 Å². The van der Waals surface area contributed by atoms with Crippen molar-refractivity contribution in [3.63, 3.8) is 0 Å². The van der Waals surface area contributed by atoms with Gasteiger partial charge in [-0.1, -0.05) is 55.3 Å². The first-order valence-corrected chi connectivity index (χ1v) is 12.0. The second-order valence-electron chi connectivity index (χ2n) is 5.76. The summed E-state index contributed by atoms with van der Waals surface area (Å²) in [6, 6.07) is 3.01. The number of carbonyl (C=O) groups is 3. The summed E-state index contributed by atoms with van der Waals surface area (Å²) in [5, 5.41) is 25.0. The molecule has 0 atom stereocenters. The quantitative estimate of drug-likeness (QED) is 0.106. The number of esters is 2. The molecule has 2 aromatic heterocycles. The Morgan fingerprint density at radius 2 is 1.39 bits per heavy atom. The Hall–Kier alpha value is -3.56. The number of carboxylic acids is 1. The summed E-state index contributed by atoms with van der Waals surface area (Å²) < 4.78 is 18.5. The van der Waals surface area contributed by atoms with Crippen LogP contribution >= 0.6 is 23.2 Å². The number of hydrogen-bond donors (Lipinski definition) is 2. The molecule has 0 radical (unpaired) electrons. The fourth-order valence-corrected chi connectivity index (χ4v) is 1.65. The van der Waals surface area contributed by atoms with Gasteiger partial charge >= 0.3 is 17.9 Å². The highest BCUT2D eigenvalue weighted by atomic mass is 35.5. The van der Waals surface area contributed by atoms with Crippen LogP contribution in [0.15, 0.2) is 26.3 Å². The molecule has 2 heterocycles. The van der Waals surface area contributed by atoms with E-state index in [1.807, 2.05) is 20.8 Å². The molecular formula is C24H37Cl2N3O9. The van der Waals surface area contributed by atoms with Gasteiger partial charge in [0.05, 0.1) is 13.2 Å². The van der Waals surface area contributed by atoms with E-state index in [0.29, 0.717) is 24.5 Å². The molecule has 38 heavy (non-hydrogen) atoms. The topological polar surface area (TPSA) is 175 Å². The van der Waals surface area contributed by atoms with Crippen molar-refractivity contribution in [3.8, 4) is 12.3 Å². The number of carbonyl (C=O) groups excluding carboxylic acids is 2. The summed E-state index contributed by atoms with van der Waals surface area (Å²) in [5.41, 5.74) is 0.213. The molecule has 2 aromatic rings. The minimum Gasteiger partial charge on any atom is -0.476 e. The highest BCUT2D eigenvalue weighted by Gasteiger charge is 2.12. The average Bonchev–Trinajstić information content (AvgIpc) is 3.61. The van der Waals surface area contributed by atoms with Crippen molar-refractivity contribution in [2.45, 2.75) is 61.3 Å². The molecule has 0 aromatic carbocycles. The summed E-state index contributed by atoms with van der Waals surface area (Å²) in [5.74, 6) is 1.42. The van der Waals surface area contributed by atoms with Gasteiger partial charge in [0.25, 0.3) is 5.17 Å². The van der Waals surface area contributed by atoms with Crippen molar-refractivity contribution in [1.82, 2.24) is 10.3 Å². The Labute approximate surface area is 233 Å². The van der Waals surface area contributed by atoms with Crippen molar-refractivity contribution in [2.24, 2.45) is 5.16 Å². The molecule has 0 unspecified atom stereocenters. The van der Waals surface area contributed by atoms with Gasteiger partial charge < -0.3 is 28.8 Å². The minimum atomic E-state index is -1.05. The van der Waals surface area contributed by atoms with Gasteiger partial charge in [-0.3, -0.25) is 0 Å². The van der Waals surface area contributed by atoms with Crippen molar-refractivity contribution >= 4 is 46.3 Å². The molecule has 216 valence electrons. The van der Waals surface area contributed by atoms with Crippen LogP contribution in [0.1, 0.15) is 81.0 Å². The number of aromatic nitrogens is 2. The van der Waals surface area contributed by atoms with E-state index < -0.39 is 23.1 Å². The van der Waals surface area contributed by atoms with Crippen LogP contribution in [0.5, 0.6) is 0 Å². The number of ether oxygens (including phenoxy) is 2. The molecule has 0 fully saturated rings. The zero-order valence-electron chi connectivity index (χ0n) is 21.6. The molecule has 0 bridgehead atoms. The lowest BCUT2D eigenvalue weighted by Crippen LogP contribution is -2.11. The van der Waals surface area contributed by atoms with Crippen LogP contribution in [-0.2, 0) is 27.1 Å². The SMILES string of the molecule is C.C#CCC.CCOC(=O)/C(Cl)=N/O.CCOC(=O)c1cc(CC)on1.CCc1cc(C(=O)O)no1.CCl. The van der Waals surface area contributed by atoms with Gasteiger partial charge in [-0.05, 0) is 13.8 Å². The molecule has 2 rings (SSSR count). The minimum absolute atomic E-state index is 0. The number of aromatic carboxylic acids is 1. The van der Waals surface area contributed by atoms with Crippen LogP contribution in [0.3, 0.4) is 0 Å². The molecule has 0 saturated heterocycles. The number of hydrogen-bond acceptors (Lipinski definition) is 11. The molecule has 0 spiro atoms. The predicted molar refractivity (Wildman–Crippen MR) is 144 cm³/mol. The second-order valence-corrected chi connectivity index (χ2v) is 6.12. The van der Waals surface area contributed by atoms with Gasteiger partial charge in [-0.25, -0.2) is 14.4 Å². The lowest BCUT2D eigenvalue weighted by molar-refractivity contribution is -0.134. The number of aryl methyl sites for hydroxylation is 2. The molecule has 14 heteroatoms. The van der Waals surface area contributed by atoms with Crippen LogP contribution in [0.4, 0.5) is 0 Å². The van der Waals surface area contributed by atoms with E-state index in [1.165, 1.54) is 12.4 Å².